The molecule has 1 aliphatic rings. The zero-order valence-electron chi connectivity index (χ0n) is 18.8. The molecule has 1 fully saturated rings. The third kappa shape index (κ3) is 4.61. The molecule has 2 heterocycles. The number of aromatic nitrogens is 2. The molecule has 1 amide bonds. The summed E-state index contributed by atoms with van der Waals surface area (Å²) in [6.45, 7) is 1.42. The number of nitrogens with one attached hydrogen (secondary N) is 2. The van der Waals surface area contributed by atoms with E-state index in [9.17, 15) is 19.7 Å². The molecule has 4 aromatic rings. The molecule has 35 heavy (non-hydrogen) atoms. The lowest BCUT2D eigenvalue weighted by atomic mass is 9.95. The van der Waals surface area contributed by atoms with Crippen LogP contribution in [0.4, 0.5) is 17.1 Å². The van der Waals surface area contributed by atoms with Crippen molar-refractivity contribution in [2.45, 2.75) is 12.8 Å². The minimum atomic E-state index is -0.410. The largest absolute Gasteiger partial charge is 0.371 e. The minimum absolute atomic E-state index is 0.0197. The highest BCUT2D eigenvalue weighted by Crippen LogP contribution is 2.28. The number of nitro groups is 1. The Morgan fingerprint density at radius 2 is 1.63 bits per heavy atom. The highest BCUT2D eigenvalue weighted by Gasteiger charge is 2.25. The van der Waals surface area contributed by atoms with Gasteiger partial charge in [0.2, 0.25) is 5.91 Å². The van der Waals surface area contributed by atoms with E-state index in [1.54, 1.807) is 18.2 Å². The van der Waals surface area contributed by atoms with Crippen molar-refractivity contribution < 1.29 is 9.72 Å². The first-order valence-electron chi connectivity index (χ1n) is 11.4. The lowest BCUT2D eigenvalue weighted by Crippen LogP contribution is -2.38. The van der Waals surface area contributed by atoms with Crippen molar-refractivity contribution in [3.63, 3.8) is 0 Å². The fraction of sp³-hybridized carbons (Fsp3) is 0.192. The zero-order valence-corrected chi connectivity index (χ0v) is 18.8. The second-order valence-corrected chi connectivity index (χ2v) is 8.55. The zero-order chi connectivity index (χ0) is 24.4. The number of benzene rings is 3. The summed E-state index contributed by atoms with van der Waals surface area (Å²) in [7, 11) is 0. The van der Waals surface area contributed by atoms with Crippen molar-refractivity contribution in [3.05, 3.63) is 93.3 Å². The molecule has 0 aliphatic carbocycles. The average Bonchev–Trinajstić information content (AvgIpc) is 2.90. The van der Waals surface area contributed by atoms with Crippen LogP contribution in [-0.4, -0.2) is 34.1 Å². The van der Waals surface area contributed by atoms with Crippen LogP contribution < -0.4 is 15.8 Å². The molecule has 3 aromatic carbocycles. The molecule has 0 saturated carbocycles. The molecule has 0 bridgehead atoms. The highest BCUT2D eigenvalue weighted by atomic mass is 16.6. The number of rotatable bonds is 5. The van der Waals surface area contributed by atoms with E-state index in [0.29, 0.717) is 42.7 Å². The first-order chi connectivity index (χ1) is 17.0. The molecule has 5 rings (SSSR count). The number of nitro benzene ring substituents is 1. The normalized spacial score (nSPS) is 14.1. The number of carbonyl (C=O) groups excluding carboxylic acids is 1. The molecule has 0 radical (unpaired) electrons. The van der Waals surface area contributed by atoms with Gasteiger partial charge in [0.25, 0.3) is 11.2 Å². The maximum absolute atomic E-state index is 12.8. The van der Waals surface area contributed by atoms with Gasteiger partial charge in [0, 0.05) is 53.5 Å². The summed E-state index contributed by atoms with van der Waals surface area (Å²) in [5.41, 5.74) is 2.98. The summed E-state index contributed by atoms with van der Waals surface area (Å²) < 4.78 is 0. The third-order valence-corrected chi connectivity index (χ3v) is 6.41. The van der Waals surface area contributed by atoms with Gasteiger partial charge in [-0.05, 0) is 43.2 Å². The van der Waals surface area contributed by atoms with E-state index in [-0.39, 0.29) is 23.1 Å². The van der Waals surface area contributed by atoms with Gasteiger partial charge in [-0.25, -0.2) is 5.10 Å². The SMILES string of the molecule is O=C(Nc1ccc(-c2n[nH]c(=O)c3ccccc23)cc1)C1CCN(c2ccc([N+](=O)[O-])cc2)CC1. The number of hydrogen-bond acceptors (Lipinski definition) is 6. The van der Waals surface area contributed by atoms with E-state index in [4.69, 9.17) is 0 Å². The van der Waals surface area contributed by atoms with E-state index in [2.05, 4.69) is 20.4 Å². The minimum Gasteiger partial charge on any atom is -0.371 e. The number of piperidine rings is 1. The Morgan fingerprint density at radius 1 is 0.971 bits per heavy atom. The molecule has 1 aromatic heterocycles. The second kappa shape index (κ2) is 9.38. The Balaban J connectivity index is 1.22. The van der Waals surface area contributed by atoms with E-state index in [1.807, 2.05) is 42.5 Å². The maximum atomic E-state index is 12.8. The Hall–Kier alpha value is -4.53. The summed E-state index contributed by atoms with van der Waals surface area (Å²) in [5, 5.41) is 22.0. The topological polar surface area (TPSA) is 121 Å². The first-order valence-corrected chi connectivity index (χ1v) is 11.4. The van der Waals surface area contributed by atoms with Gasteiger partial charge in [-0.2, -0.15) is 5.10 Å². The molecular formula is C26H23N5O4. The number of fused-ring (bicyclic) bond motifs is 1. The molecule has 1 saturated heterocycles. The van der Waals surface area contributed by atoms with Crippen LogP contribution in [0.5, 0.6) is 0 Å². The fourth-order valence-electron chi connectivity index (χ4n) is 4.48. The summed E-state index contributed by atoms with van der Waals surface area (Å²) in [4.78, 5) is 37.5. The molecule has 2 N–H and O–H groups in total. The van der Waals surface area contributed by atoms with Crippen LogP contribution in [0.2, 0.25) is 0 Å². The van der Waals surface area contributed by atoms with Gasteiger partial charge >= 0.3 is 0 Å². The number of nitrogens with zero attached hydrogens (tertiary/aromatic N) is 3. The summed E-state index contributed by atoms with van der Waals surface area (Å²) in [6, 6.07) is 21.2. The van der Waals surface area contributed by atoms with Gasteiger partial charge in [-0.15, -0.1) is 0 Å². The summed E-state index contributed by atoms with van der Waals surface area (Å²) in [6.07, 6.45) is 1.41. The van der Waals surface area contributed by atoms with Crippen molar-refractivity contribution in [1.82, 2.24) is 10.2 Å². The monoisotopic (exact) mass is 469 g/mol. The van der Waals surface area contributed by atoms with Gasteiger partial charge in [-0.1, -0.05) is 30.3 Å². The second-order valence-electron chi connectivity index (χ2n) is 8.55. The Labute approximate surface area is 200 Å². The highest BCUT2D eigenvalue weighted by molar-refractivity contribution is 5.95. The van der Waals surface area contributed by atoms with E-state index >= 15 is 0 Å². The van der Waals surface area contributed by atoms with Crippen LogP contribution in [0, 0.1) is 16.0 Å². The predicted molar refractivity (Wildman–Crippen MR) is 134 cm³/mol. The molecule has 1 aliphatic heterocycles. The lowest BCUT2D eigenvalue weighted by Gasteiger charge is -2.33. The van der Waals surface area contributed by atoms with Crippen molar-refractivity contribution in [3.8, 4) is 11.3 Å². The number of aromatic amines is 1. The van der Waals surface area contributed by atoms with E-state index < -0.39 is 4.92 Å². The fourth-order valence-corrected chi connectivity index (χ4v) is 4.48. The van der Waals surface area contributed by atoms with Gasteiger partial charge in [0.15, 0.2) is 0 Å². The number of hydrogen-bond donors (Lipinski definition) is 2. The molecule has 9 heteroatoms. The van der Waals surface area contributed by atoms with Gasteiger partial charge in [0.1, 0.15) is 0 Å². The Bertz CT molecular complexity index is 1440. The third-order valence-electron chi connectivity index (χ3n) is 6.41. The average molecular weight is 470 g/mol. The van der Waals surface area contributed by atoms with Crippen molar-refractivity contribution in [2.24, 2.45) is 5.92 Å². The molecular weight excluding hydrogens is 446 g/mol. The quantitative estimate of drug-likeness (QED) is 0.331. The maximum Gasteiger partial charge on any atom is 0.272 e. The number of H-pyrrole nitrogens is 1. The van der Waals surface area contributed by atoms with Crippen molar-refractivity contribution >= 4 is 33.7 Å². The van der Waals surface area contributed by atoms with Crippen molar-refractivity contribution in [1.29, 1.82) is 0 Å². The van der Waals surface area contributed by atoms with Crippen LogP contribution in [-0.2, 0) is 4.79 Å². The number of amides is 1. The van der Waals surface area contributed by atoms with Crippen LogP contribution in [0.25, 0.3) is 22.0 Å². The van der Waals surface area contributed by atoms with Gasteiger partial charge in [0.05, 0.1) is 16.0 Å². The van der Waals surface area contributed by atoms with Crippen LogP contribution in [0.3, 0.4) is 0 Å². The standard InChI is InChI=1S/C26H23N5O4/c32-25(18-13-15-30(16-14-18)20-9-11-21(12-10-20)31(34)35)27-19-7-5-17(6-8-19)24-22-3-1-2-4-23(22)26(33)29-28-24/h1-12,18H,13-16H2,(H,27,32)(H,29,33). The number of carbonyl (C=O) groups is 1. The van der Waals surface area contributed by atoms with Crippen LogP contribution >= 0.6 is 0 Å². The molecule has 176 valence electrons. The van der Waals surface area contributed by atoms with Gasteiger partial charge in [-0.3, -0.25) is 19.7 Å². The van der Waals surface area contributed by atoms with E-state index in [0.717, 1.165) is 16.6 Å². The molecule has 0 atom stereocenters. The lowest BCUT2D eigenvalue weighted by molar-refractivity contribution is -0.384. The number of non-ortho nitro benzene ring substituents is 1. The Kier molecular flexibility index (Phi) is 5.97. The van der Waals surface area contributed by atoms with Crippen LogP contribution in [0.1, 0.15) is 12.8 Å². The summed E-state index contributed by atoms with van der Waals surface area (Å²) in [5.74, 6) is -0.123. The molecule has 0 spiro atoms. The van der Waals surface area contributed by atoms with Crippen molar-refractivity contribution in [2.75, 3.05) is 23.3 Å². The summed E-state index contributed by atoms with van der Waals surface area (Å²) >= 11 is 0. The molecule has 9 nitrogen and oxygen atoms in total. The van der Waals surface area contributed by atoms with Gasteiger partial charge < -0.3 is 10.2 Å². The Morgan fingerprint density at radius 3 is 2.29 bits per heavy atom. The van der Waals surface area contributed by atoms with Crippen LogP contribution in [0.15, 0.2) is 77.6 Å². The predicted octanol–water partition coefficient (Wildman–Crippen LogP) is 4.35. The van der Waals surface area contributed by atoms with E-state index in [1.165, 1.54) is 12.1 Å². The number of anilines is 2. The first kappa shape index (κ1) is 22.3. The smallest absolute Gasteiger partial charge is 0.272 e. The molecule has 0 unspecified atom stereocenters.